The number of hydrogen-bond acceptors (Lipinski definition) is 18. The Morgan fingerprint density at radius 1 is 0.427 bits per heavy atom. The fourth-order valence-electron chi connectivity index (χ4n) is 12.8. The van der Waals surface area contributed by atoms with Gasteiger partial charge in [0.15, 0.2) is 0 Å². The van der Waals surface area contributed by atoms with Crippen LogP contribution in [0.3, 0.4) is 0 Å². The van der Waals surface area contributed by atoms with Crippen molar-refractivity contribution in [3.05, 3.63) is 305 Å². The van der Waals surface area contributed by atoms with Gasteiger partial charge in [-0.1, -0.05) is 228 Å². The quantitative estimate of drug-likeness (QED) is 0.0223. The molecule has 1 heterocycles. The molecule has 10 rings (SSSR count). The van der Waals surface area contributed by atoms with Gasteiger partial charge >= 0.3 is 348 Å². The van der Waals surface area contributed by atoms with Crippen LogP contribution in [0.4, 0.5) is 0 Å². The van der Waals surface area contributed by atoms with Crippen molar-refractivity contribution in [1.29, 1.82) is 0 Å². The number of aryl methyl sites for hydroxylation is 16. The van der Waals surface area contributed by atoms with Gasteiger partial charge in [0, 0.05) is 60.1 Å². The summed E-state index contributed by atoms with van der Waals surface area (Å²) in [6.07, 6.45) is 22.9. The van der Waals surface area contributed by atoms with E-state index in [0.717, 1.165) is 94.2 Å². The number of halogens is 1. The third-order valence-electron chi connectivity index (χ3n) is 18.9. The van der Waals surface area contributed by atoms with Gasteiger partial charge in [0.25, 0.3) is 0 Å². The molecule has 18 nitrogen and oxygen atoms in total. The Hall–Kier alpha value is -1.10. The van der Waals surface area contributed by atoms with E-state index >= 15 is 0 Å². The number of carbonyl (C=O) groups is 6. The molecular weight excluding hydrogens is 1990 g/mol. The minimum atomic E-state index is -1.11. The summed E-state index contributed by atoms with van der Waals surface area (Å²) in [6, 6.07) is 52.7. The van der Waals surface area contributed by atoms with Crippen molar-refractivity contribution in [3.63, 3.8) is 0 Å². The Morgan fingerprint density at radius 2 is 0.726 bits per heavy atom. The molecular formula is C98H117ClCs3KLiMgN2NaO16. The van der Waals surface area contributed by atoms with Crippen molar-refractivity contribution >= 4 is 71.2 Å². The molecule has 0 N–H and O–H groups in total. The van der Waals surface area contributed by atoms with Crippen LogP contribution in [-0.2, 0) is 47.1 Å². The first-order valence-electron chi connectivity index (χ1n) is 39.2. The minimum Gasteiger partial charge on any atom is -1.00 e. The molecule has 0 saturated carbocycles. The van der Waals surface area contributed by atoms with Crippen LogP contribution in [0.5, 0.6) is 0 Å². The van der Waals surface area contributed by atoms with E-state index in [-0.39, 0.29) is 394 Å². The number of carbonyl (C=O) groups excluding carboxylic acids is 10. The summed E-state index contributed by atoms with van der Waals surface area (Å²) in [5.41, 5.74) is 24.6. The van der Waals surface area contributed by atoms with Crippen LogP contribution in [0.25, 0.3) is 11.1 Å². The molecule has 630 valence electrons. The van der Waals surface area contributed by atoms with Crippen molar-refractivity contribution in [3.8, 4) is 11.1 Å². The summed E-state index contributed by atoms with van der Waals surface area (Å²) >= 11 is 0. The topological polar surface area (TPSA) is 311 Å². The van der Waals surface area contributed by atoms with E-state index < -0.39 is 29.8 Å². The molecule has 1 aromatic heterocycles. The largest absolute Gasteiger partial charge is 2.00 e. The molecule has 124 heavy (non-hydrogen) atoms. The number of rotatable bonds is 25. The van der Waals surface area contributed by atoms with Crippen LogP contribution in [0.2, 0.25) is 0 Å². The molecule has 1 aliphatic carbocycles. The number of carboxylic acid groups (broad SMARTS) is 5. The van der Waals surface area contributed by atoms with Gasteiger partial charge in [-0.25, -0.2) is 4.79 Å². The first-order chi connectivity index (χ1) is 55.0. The summed E-state index contributed by atoms with van der Waals surface area (Å²) in [7, 11) is 3.37. The van der Waals surface area contributed by atoms with Crippen molar-refractivity contribution in [2.24, 2.45) is 0 Å². The molecule has 26 heteroatoms. The van der Waals surface area contributed by atoms with Gasteiger partial charge in [0.2, 0.25) is 0 Å². The van der Waals surface area contributed by atoms with E-state index in [0.29, 0.717) is 5.56 Å². The zero-order valence-electron chi connectivity index (χ0n) is 78.3. The molecule has 0 unspecified atom stereocenters. The van der Waals surface area contributed by atoms with Gasteiger partial charge < -0.3 is 73.7 Å². The summed E-state index contributed by atoms with van der Waals surface area (Å²) in [5, 5.41) is 53.9. The summed E-state index contributed by atoms with van der Waals surface area (Å²) < 4.78 is 0. The Kier molecular flexibility index (Phi) is 88.5. The van der Waals surface area contributed by atoms with Gasteiger partial charge in [0.1, 0.15) is 0 Å². The Balaban J connectivity index is -0.000000213. The summed E-state index contributed by atoms with van der Waals surface area (Å²) in [4.78, 5) is 106. The third-order valence-corrected chi connectivity index (χ3v) is 18.9. The SMILES string of the molecule is CC.Cc1[c-]cc(C)c(CCCCCCc2ccncc2)c1.Cc1ccc(C)c(C(=O)ON(C)C)c1.Cc1ccc(C)c(C(=O)[O-])c1.Cc1ccc(C)c(C(=O)[O-])c1.Cc1ccc(C)c(C(=O)[O-])c1.Cc1ccc(C)c(C(=O)[O-])c1.O=C=O.O=C=O.[CH2-]CCCCCC1(CCCCCCC(=O)[O-])c2cc(C)ccc2-c2ccc(C)cc21.[Cl-].[Cs+].[Cs+].[Cs+].[K+].[Li+].[Mg+2].[Na+]. The van der Waals surface area contributed by atoms with Crippen LogP contribution in [0.1, 0.15) is 262 Å². The predicted molar refractivity (Wildman–Crippen MR) is 451 cm³/mol. The second-order valence-corrected chi connectivity index (χ2v) is 28.8. The Bertz CT molecular complexity index is 4390. The van der Waals surface area contributed by atoms with E-state index in [4.69, 9.17) is 24.0 Å². The van der Waals surface area contributed by atoms with E-state index in [2.05, 4.69) is 106 Å². The summed E-state index contributed by atoms with van der Waals surface area (Å²) in [5.74, 6) is -5.66. The van der Waals surface area contributed by atoms with Crippen LogP contribution in [0, 0.1) is 110 Å². The molecule has 0 bridgehead atoms. The average Bonchev–Trinajstić information content (AvgIpc) is 1.56. The fourth-order valence-corrected chi connectivity index (χ4v) is 12.8. The summed E-state index contributed by atoms with van der Waals surface area (Å²) in [6.45, 7) is 35.0. The van der Waals surface area contributed by atoms with E-state index in [1.54, 1.807) is 90.3 Å². The number of aromatic carboxylic acids is 4. The Labute approximate surface area is 1010 Å². The fraction of sp³-hybridized carbons (Fsp3) is 0.367. The van der Waals surface area contributed by atoms with Gasteiger partial charge in [-0.2, -0.15) is 60.5 Å². The number of nitrogens with zero attached hydrogens (tertiary/aromatic N) is 2. The predicted octanol–water partition coefficient (Wildman–Crippen LogP) is -5.60. The number of pyridine rings is 1. The maximum Gasteiger partial charge on any atom is 2.00 e. The molecule has 0 amide bonds. The zero-order chi connectivity index (χ0) is 87.6. The molecule has 9 aromatic rings. The number of aromatic nitrogens is 1. The number of hydroxylamine groups is 2. The average molecular weight is 2110 g/mol. The second kappa shape index (κ2) is 79.3. The minimum absolute atomic E-state index is 0. The molecule has 0 fully saturated rings. The molecule has 0 atom stereocenters. The van der Waals surface area contributed by atoms with Crippen LogP contribution in [-0.4, -0.2) is 95.3 Å². The van der Waals surface area contributed by atoms with Crippen LogP contribution >= 0.6 is 0 Å². The van der Waals surface area contributed by atoms with E-state index in [1.165, 1.54) is 125 Å². The normalized spacial score (nSPS) is 9.84. The molecule has 8 aromatic carbocycles. The number of carboxylic acids is 5. The number of benzene rings is 8. The van der Waals surface area contributed by atoms with Gasteiger partial charge in [-0.3, -0.25) is 4.98 Å². The molecule has 0 radical (unpaired) electrons. The Morgan fingerprint density at radius 3 is 1.05 bits per heavy atom. The second-order valence-electron chi connectivity index (χ2n) is 28.8. The molecule has 0 spiro atoms. The first-order valence-corrected chi connectivity index (χ1v) is 39.2. The molecule has 0 saturated heterocycles. The van der Waals surface area contributed by atoms with Crippen molar-refractivity contribution in [2.75, 3.05) is 14.1 Å². The van der Waals surface area contributed by atoms with E-state index in [9.17, 15) is 54.3 Å². The van der Waals surface area contributed by atoms with Gasteiger partial charge in [0.05, 0.1) is 29.4 Å². The van der Waals surface area contributed by atoms with Crippen molar-refractivity contribution < 1.29 is 397 Å². The smallest absolute Gasteiger partial charge is 1.00 e. The van der Waals surface area contributed by atoms with Crippen LogP contribution < -0.4 is 344 Å². The molecule has 1 aliphatic rings. The number of unbranched alkanes of at least 4 members (excludes halogenated alkanes) is 9. The van der Waals surface area contributed by atoms with Crippen molar-refractivity contribution in [1.82, 2.24) is 10.0 Å². The standard InChI is InChI=1S/C28H37O2.C19H24N.C11H15NO2.4C9H10O2.C2H6.2CO2.ClH.3Cs.K.Li.Mg.Na/c1-4-5-6-10-17-28(18-11-8-7-9-12-27(29)30)25-19-21(2)13-15-23(25)24-16-14-22(3)20-26(24)28;1-16-9-10-17(2)19(15-16)8-6-4-3-5-7-18-11-13-20-14-12-18;1-8-5-6-9(2)10(7-8)11(13)14-12(3)4;4*1-6-3-4-7(2)8(5-6)9(10)11;1-2;2*2-1-3;;;;;;;;/h13-16,19-20H,1,4-12,17-18H2,2-3H3,(H,29,30);10-15H,3-8H2,1-2H3;5-7H,1-4H3;4*3-5H,1-2H3,(H,10,11);1-2H3;;;1H;;;;;;;/q2*-1;;;;;;;;;;5*+1;+2;+1/p-6. The van der Waals surface area contributed by atoms with Gasteiger partial charge in [-0.15, -0.1) is 5.06 Å². The number of aliphatic carboxylic acids is 1. The zero-order valence-corrected chi connectivity index (χ0v) is 104. The maximum absolute atomic E-state index is 11.6. The van der Waals surface area contributed by atoms with Gasteiger partial charge in [-0.05, 0) is 220 Å². The maximum atomic E-state index is 11.6. The van der Waals surface area contributed by atoms with Crippen LogP contribution in [0.15, 0.2) is 164 Å². The van der Waals surface area contributed by atoms with Crippen molar-refractivity contribution in [2.45, 2.75) is 225 Å². The number of hydrogen-bond donors (Lipinski definition) is 0. The molecule has 0 aliphatic heterocycles. The van der Waals surface area contributed by atoms with E-state index in [1.807, 2.05) is 110 Å². The first kappa shape index (κ1) is 138. The number of fused-ring (bicyclic) bond motifs is 3. The third kappa shape index (κ3) is 55.5. The monoisotopic (exact) mass is 2100 g/mol.